The highest BCUT2D eigenvalue weighted by atomic mass is 31.1. The first-order valence-electron chi connectivity index (χ1n) is 6.85. The molecule has 2 aliphatic heterocycles. The van der Waals surface area contributed by atoms with Gasteiger partial charge in [0, 0.05) is 23.4 Å². The molecule has 1 unspecified atom stereocenters. The van der Waals surface area contributed by atoms with Crippen LogP contribution in [0.3, 0.4) is 0 Å². The van der Waals surface area contributed by atoms with Crippen LogP contribution in [0.2, 0.25) is 0 Å². The molecule has 1 saturated carbocycles. The van der Waals surface area contributed by atoms with Gasteiger partial charge in [0.1, 0.15) is 0 Å². The van der Waals surface area contributed by atoms with Crippen LogP contribution in [0.1, 0.15) is 58.8 Å². The smallest absolute Gasteiger partial charge is 0.0109 e. The molecule has 0 aromatic carbocycles. The van der Waals surface area contributed by atoms with Gasteiger partial charge in [0.2, 0.25) is 0 Å². The molecule has 0 N–H and O–H groups in total. The number of fused-ring (bicyclic) bond motifs is 1. The van der Waals surface area contributed by atoms with Crippen LogP contribution in [-0.2, 0) is 0 Å². The molecule has 0 radical (unpaired) electrons. The first-order valence-corrected chi connectivity index (χ1v) is 8.29. The zero-order chi connectivity index (χ0) is 10.4. The fraction of sp³-hybridized carbons (Fsp3) is 1.00. The first kappa shape index (κ1) is 10.5. The Hall–Kier alpha value is 0.390. The fourth-order valence-electron chi connectivity index (χ4n) is 3.88. The Morgan fingerprint density at radius 3 is 1.87 bits per heavy atom. The standard InChI is InChI=1S/C13H24NP/c1-10-6-5-7-11(2)14(10)15-12-8-3-4-9-13(12)15/h10-13H,3-9H2,1-2H3/t10-,11+,12-,13+,15?. The summed E-state index contributed by atoms with van der Waals surface area (Å²) >= 11 is 0. The van der Waals surface area contributed by atoms with Crippen LogP contribution < -0.4 is 0 Å². The van der Waals surface area contributed by atoms with Gasteiger partial charge >= 0.3 is 0 Å². The topological polar surface area (TPSA) is 3.24 Å². The second kappa shape index (κ2) is 4.00. The van der Waals surface area contributed by atoms with Crippen molar-refractivity contribution in [1.82, 2.24) is 4.67 Å². The summed E-state index contributed by atoms with van der Waals surface area (Å²) in [5.41, 5.74) is 2.33. The van der Waals surface area contributed by atoms with Gasteiger partial charge < -0.3 is 0 Å². The third-order valence-electron chi connectivity index (χ3n) is 4.70. The van der Waals surface area contributed by atoms with Crippen LogP contribution in [-0.4, -0.2) is 28.1 Å². The molecule has 2 heteroatoms. The van der Waals surface area contributed by atoms with E-state index in [-0.39, 0.29) is 0 Å². The van der Waals surface area contributed by atoms with Gasteiger partial charge in [0.15, 0.2) is 0 Å². The molecular formula is C13H24NP. The summed E-state index contributed by atoms with van der Waals surface area (Å²) in [6.45, 7) is 4.95. The van der Waals surface area contributed by atoms with Crippen molar-refractivity contribution >= 4 is 8.07 Å². The highest BCUT2D eigenvalue weighted by Crippen LogP contribution is 2.74. The molecule has 0 spiro atoms. The van der Waals surface area contributed by atoms with E-state index in [4.69, 9.17) is 0 Å². The zero-order valence-corrected chi connectivity index (χ0v) is 11.0. The van der Waals surface area contributed by atoms with Crippen molar-refractivity contribution in [3.05, 3.63) is 0 Å². The van der Waals surface area contributed by atoms with Gasteiger partial charge in [-0.2, -0.15) is 0 Å². The number of hydrogen-bond donors (Lipinski definition) is 0. The number of rotatable bonds is 1. The second-order valence-electron chi connectivity index (χ2n) is 5.81. The zero-order valence-electron chi connectivity index (χ0n) is 10.2. The largest absolute Gasteiger partial charge is 0.276 e. The molecule has 5 atom stereocenters. The van der Waals surface area contributed by atoms with Crippen molar-refractivity contribution in [2.45, 2.75) is 82.2 Å². The molecule has 0 aromatic heterocycles. The third-order valence-corrected chi connectivity index (χ3v) is 8.27. The molecule has 3 aliphatic rings. The van der Waals surface area contributed by atoms with Gasteiger partial charge in [-0.1, -0.05) is 19.3 Å². The molecule has 1 nitrogen and oxygen atoms in total. The predicted octanol–water partition coefficient (Wildman–Crippen LogP) is 3.97. The van der Waals surface area contributed by atoms with Crippen LogP contribution in [0.4, 0.5) is 0 Å². The summed E-state index contributed by atoms with van der Waals surface area (Å²) in [5.74, 6) is 0. The maximum Gasteiger partial charge on any atom is 0.0109 e. The van der Waals surface area contributed by atoms with Gasteiger partial charge in [0.25, 0.3) is 0 Å². The van der Waals surface area contributed by atoms with Gasteiger partial charge in [0.05, 0.1) is 0 Å². The Balaban J connectivity index is 1.70. The molecule has 1 aliphatic carbocycles. The van der Waals surface area contributed by atoms with E-state index in [1.54, 1.807) is 12.8 Å². The van der Waals surface area contributed by atoms with Gasteiger partial charge in [-0.25, -0.2) is 0 Å². The third kappa shape index (κ3) is 1.76. The molecule has 3 rings (SSSR count). The number of piperidine rings is 1. The van der Waals surface area contributed by atoms with Gasteiger partial charge in [-0.05, 0) is 47.6 Å². The van der Waals surface area contributed by atoms with E-state index in [2.05, 4.69) is 18.5 Å². The molecule has 3 fully saturated rings. The van der Waals surface area contributed by atoms with E-state index >= 15 is 0 Å². The average Bonchev–Trinajstić information content (AvgIpc) is 2.93. The van der Waals surface area contributed by atoms with E-state index in [1.165, 1.54) is 32.1 Å². The van der Waals surface area contributed by atoms with Crippen molar-refractivity contribution in [2.24, 2.45) is 0 Å². The van der Waals surface area contributed by atoms with E-state index in [0.717, 1.165) is 23.4 Å². The van der Waals surface area contributed by atoms with Gasteiger partial charge in [-0.3, -0.25) is 4.67 Å². The summed E-state index contributed by atoms with van der Waals surface area (Å²) in [6.07, 6.45) is 10.6. The lowest BCUT2D eigenvalue weighted by Crippen LogP contribution is -2.38. The van der Waals surface area contributed by atoms with Crippen molar-refractivity contribution in [3.8, 4) is 0 Å². The molecule has 2 heterocycles. The highest BCUT2D eigenvalue weighted by molar-refractivity contribution is 7.65. The van der Waals surface area contributed by atoms with E-state index in [9.17, 15) is 0 Å². The summed E-state index contributed by atoms with van der Waals surface area (Å²) in [6, 6.07) is 1.79. The Bertz CT molecular complexity index is 221. The summed E-state index contributed by atoms with van der Waals surface area (Å²) in [4.78, 5) is 0. The van der Waals surface area contributed by atoms with Crippen molar-refractivity contribution in [3.63, 3.8) is 0 Å². The SMILES string of the molecule is C[C@@H]1CCC[C@H](C)N1P1[C@@H]2CCCC[C@@H]21. The number of hydrogen-bond acceptors (Lipinski definition) is 1. The quantitative estimate of drug-likeness (QED) is 0.610. The predicted molar refractivity (Wildman–Crippen MR) is 67.6 cm³/mol. The van der Waals surface area contributed by atoms with Crippen LogP contribution in [0, 0.1) is 0 Å². The molecule has 0 bridgehead atoms. The second-order valence-corrected chi connectivity index (χ2v) is 8.36. The van der Waals surface area contributed by atoms with E-state index in [0.29, 0.717) is 8.07 Å². The molecule has 15 heavy (non-hydrogen) atoms. The van der Waals surface area contributed by atoms with Crippen LogP contribution >= 0.6 is 8.07 Å². The van der Waals surface area contributed by atoms with E-state index < -0.39 is 0 Å². The minimum atomic E-state index is 0.321. The van der Waals surface area contributed by atoms with Crippen LogP contribution in [0.5, 0.6) is 0 Å². The molecule has 2 saturated heterocycles. The normalized spacial score (nSPS) is 51.2. The minimum Gasteiger partial charge on any atom is -0.276 e. The van der Waals surface area contributed by atoms with Crippen LogP contribution in [0.25, 0.3) is 0 Å². The lowest BCUT2D eigenvalue weighted by Gasteiger charge is -2.39. The van der Waals surface area contributed by atoms with Crippen molar-refractivity contribution in [1.29, 1.82) is 0 Å². The molecular weight excluding hydrogens is 201 g/mol. The maximum atomic E-state index is 2.96. The molecule has 86 valence electrons. The van der Waals surface area contributed by atoms with Crippen molar-refractivity contribution in [2.75, 3.05) is 0 Å². The number of nitrogens with zero attached hydrogens (tertiary/aromatic N) is 1. The maximum absolute atomic E-state index is 2.96. The molecule has 0 amide bonds. The Labute approximate surface area is 95.4 Å². The lowest BCUT2D eigenvalue weighted by molar-refractivity contribution is 0.216. The van der Waals surface area contributed by atoms with Crippen LogP contribution in [0.15, 0.2) is 0 Å². The summed E-state index contributed by atoms with van der Waals surface area (Å²) in [5, 5.41) is 0. The fourth-order valence-corrected chi connectivity index (χ4v) is 7.72. The van der Waals surface area contributed by atoms with Crippen molar-refractivity contribution < 1.29 is 0 Å². The van der Waals surface area contributed by atoms with E-state index in [1.807, 2.05) is 0 Å². The Morgan fingerprint density at radius 1 is 0.800 bits per heavy atom. The summed E-state index contributed by atoms with van der Waals surface area (Å²) < 4.78 is 2.96. The average molecular weight is 225 g/mol. The Morgan fingerprint density at radius 2 is 1.33 bits per heavy atom. The first-order chi connectivity index (χ1) is 7.29. The Kier molecular flexibility index (Phi) is 2.81. The molecule has 0 aromatic rings. The summed E-state index contributed by atoms with van der Waals surface area (Å²) in [7, 11) is 0.321. The van der Waals surface area contributed by atoms with Gasteiger partial charge in [-0.15, -0.1) is 0 Å². The minimum absolute atomic E-state index is 0.321. The monoisotopic (exact) mass is 225 g/mol. The highest BCUT2D eigenvalue weighted by Gasteiger charge is 2.55. The lowest BCUT2D eigenvalue weighted by atomic mass is 10.0.